The second-order valence-electron chi connectivity index (χ2n) is 6.45. The molecule has 0 aromatic heterocycles. The van der Waals surface area contributed by atoms with Gasteiger partial charge < -0.3 is 15.4 Å². The Morgan fingerprint density at radius 1 is 1.15 bits per heavy atom. The highest BCUT2D eigenvalue weighted by Crippen LogP contribution is 2.33. The van der Waals surface area contributed by atoms with E-state index in [1.165, 1.54) is 19.3 Å². The molecule has 2 unspecified atom stereocenters. The van der Waals surface area contributed by atoms with Gasteiger partial charge in [-0.3, -0.25) is 9.69 Å². The van der Waals surface area contributed by atoms with E-state index in [0.29, 0.717) is 43.7 Å². The highest BCUT2D eigenvalue weighted by molar-refractivity contribution is 5.76. The van der Waals surface area contributed by atoms with Gasteiger partial charge in [0.1, 0.15) is 0 Å². The quantitative estimate of drug-likeness (QED) is 0.822. The lowest BCUT2D eigenvalue weighted by atomic mass is 9.82. The van der Waals surface area contributed by atoms with Crippen molar-refractivity contribution in [2.24, 2.45) is 5.73 Å². The second-order valence-corrected chi connectivity index (χ2v) is 6.45. The third kappa shape index (κ3) is 3.15. The summed E-state index contributed by atoms with van der Waals surface area (Å²) in [4.78, 5) is 16.8. The van der Waals surface area contributed by atoms with E-state index < -0.39 is 0 Å². The number of nitrogens with zero attached hydrogens (tertiary/aromatic N) is 2. The summed E-state index contributed by atoms with van der Waals surface area (Å²) in [6.07, 6.45) is 6.73. The first-order valence-electron chi connectivity index (χ1n) is 8.11. The standard InChI is InChI=1S/C15H27N3O2/c16-12-10-13-2-1-3-14(11-12)18(13)5-4-15(19)17-6-8-20-9-7-17/h12-14H,1-11,16H2. The van der Waals surface area contributed by atoms with Gasteiger partial charge in [-0.25, -0.2) is 0 Å². The Morgan fingerprint density at radius 2 is 1.80 bits per heavy atom. The number of carbonyl (C=O) groups is 1. The monoisotopic (exact) mass is 281 g/mol. The third-order valence-electron chi connectivity index (χ3n) is 5.11. The van der Waals surface area contributed by atoms with E-state index in [1.807, 2.05) is 4.90 Å². The first kappa shape index (κ1) is 14.3. The summed E-state index contributed by atoms with van der Waals surface area (Å²) in [7, 11) is 0. The zero-order valence-corrected chi connectivity index (χ0v) is 12.3. The smallest absolute Gasteiger partial charge is 0.224 e. The van der Waals surface area contributed by atoms with E-state index in [-0.39, 0.29) is 0 Å². The molecule has 1 amide bonds. The molecule has 0 spiro atoms. The third-order valence-corrected chi connectivity index (χ3v) is 5.11. The number of amides is 1. The van der Waals surface area contributed by atoms with Crippen molar-refractivity contribution in [3.8, 4) is 0 Å². The lowest BCUT2D eigenvalue weighted by Gasteiger charge is -2.48. The molecule has 2 bridgehead atoms. The van der Waals surface area contributed by atoms with E-state index in [1.54, 1.807) is 0 Å². The minimum absolute atomic E-state index is 0.293. The molecule has 3 heterocycles. The summed E-state index contributed by atoms with van der Waals surface area (Å²) >= 11 is 0. The lowest BCUT2D eigenvalue weighted by molar-refractivity contribution is -0.136. The first-order chi connectivity index (χ1) is 9.74. The van der Waals surface area contributed by atoms with Crippen LogP contribution in [0.3, 0.4) is 0 Å². The Bertz CT molecular complexity index is 330. The molecule has 0 aromatic carbocycles. The van der Waals surface area contributed by atoms with Crippen LogP contribution in [0.4, 0.5) is 0 Å². The van der Waals surface area contributed by atoms with E-state index >= 15 is 0 Å². The number of carbonyl (C=O) groups excluding carboxylic acids is 1. The molecule has 5 nitrogen and oxygen atoms in total. The fourth-order valence-electron chi connectivity index (χ4n) is 4.08. The maximum atomic E-state index is 12.2. The van der Waals surface area contributed by atoms with Crippen LogP contribution in [0.2, 0.25) is 0 Å². The summed E-state index contributed by atoms with van der Waals surface area (Å²) in [5.74, 6) is 0.293. The zero-order valence-electron chi connectivity index (χ0n) is 12.3. The molecule has 3 rings (SSSR count). The molecule has 2 atom stereocenters. The number of nitrogens with two attached hydrogens (primary N) is 1. The topological polar surface area (TPSA) is 58.8 Å². The maximum absolute atomic E-state index is 12.2. The fraction of sp³-hybridized carbons (Fsp3) is 0.933. The minimum atomic E-state index is 0.293. The molecule has 0 saturated carbocycles. The fourth-order valence-corrected chi connectivity index (χ4v) is 4.08. The number of fused-ring (bicyclic) bond motifs is 2. The number of rotatable bonds is 3. The Morgan fingerprint density at radius 3 is 2.45 bits per heavy atom. The van der Waals surface area contributed by atoms with Gasteiger partial charge in [0.05, 0.1) is 13.2 Å². The van der Waals surface area contributed by atoms with E-state index in [2.05, 4.69) is 4.90 Å². The van der Waals surface area contributed by atoms with Gasteiger partial charge in [0.15, 0.2) is 0 Å². The van der Waals surface area contributed by atoms with Crippen LogP contribution >= 0.6 is 0 Å². The number of morpholine rings is 1. The molecule has 20 heavy (non-hydrogen) atoms. The van der Waals surface area contributed by atoms with Gasteiger partial charge in [-0.15, -0.1) is 0 Å². The predicted octanol–water partition coefficient (Wildman–Crippen LogP) is 0.580. The molecule has 3 fully saturated rings. The van der Waals surface area contributed by atoms with Crippen molar-refractivity contribution in [2.75, 3.05) is 32.8 Å². The van der Waals surface area contributed by atoms with Crippen LogP contribution in [0.5, 0.6) is 0 Å². The molecule has 114 valence electrons. The molecule has 5 heteroatoms. The van der Waals surface area contributed by atoms with Crippen molar-refractivity contribution in [1.82, 2.24) is 9.80 Å². The van der Waals surface area contributed by atoms with Crippen molar-refractivity contribution >= 4 is 5.91 Å². The summed E-state index contributed by atoms with van der Waals surface area (Å²) in [5.41, 5.74) is 6.14. The van der Waals surface area contributed by atoms with E-state index in [9.17, 15) is 4.79 Å². The average Bonchev–Trinajstić information content (AvgIpc) is 2.45. The van der Waals surface area contributed by atoms with Crippen LogP contribution < -0.4 is 5.73 Å². The first-order valence-corrected chi connectivity index (χ1v) is 8.11. The average molecular weight is 281 g/mol. The lowest BCUT2D eigenvalue weighted by Crippen LogP contribution is -2.56. The molecule has 0 aliphatic carbocycles. The van der Waals surface area contributed by atoms with E-state index in [4.69, 9.17) is 10.5 Å². The molecule has 3 aliphatic rings. The van der Waals surface area contributed by atoms with Crippen LogP contribution in [-0.2, 0) is 9.53 Å². The van der Waals surface area contributed by atoms with Gasteiger partial charge in [0.25, 0.3) is 0 Å². The van der Waals surface area contributed by atoms with Crippen molar-refractivity contribution < 1.29 is 9.53 Å². The van der Waals surface area contributed by atoms with Crippen molar-refractivity contribution in [3.05, 3.63) is 0 Å². The number of ether oxygens (including phenoxy) is 1. The Balaban J connectivity index is 1.51. The summed E-state index contributed by atoms with van der Waals surface area (Å²) in [6.45, 7) is 3.82. The molecule has 3 aliphatic heterocycles. The highest BCUT2D eigenvalue weighted by Gasteiger charge is 2.37. The van der Waals surface area contributed by atoms with E-state index in [0.717, 1.165) is 32.5 Å². The summed E-state index contributed by atoms with van der Waals surface area (Å²) in [5, 5.41) is 0. The second kappa shape index (κ2) is 6.41. The van der Waals surface area contributed by atoms with Crippen LogP contribution in [0.25, 0.3) is 0 Å². The molecular formula is C15H27N3O2. The van der Waals surface area contributed by atoms with Gasteiger partial charge in [0.2, 0.25) is 5.91 Å². The van der Waals surface area contributed by atoms with Crippen molar-refractivity contribution in [1.29, 1.82) is 0 Å². The Hall–Kier alpha value is -0.650. The Labute approximate surface area is 121 Å². The molecular weight excluding hydrogens is 254 g/mol. The van der Waals surface area contributed by atoms with Crippen LogP contribution in [0.1, 0.15) is 38.5 Å². The number of hydrogen-bond acceptors (Lipinski definition) is 4. The van der Waals surface area contributed by atoms with Gasteiger partial charge in [-0.2, -0.15) is 0 Å². The van der Waals surface area contributed by atoms with Gasteiger partial charge >= 0.3 is 0 Å². The van der Waals surface area contributed by atoms with Crippen LogP contribution in [0, 0.1) is 0 Å². The summed E-state index contributed by atoms with van der Waals surface area (Å²) in [6, 6.07) is 1.61. The largest absolute Gasteiger partial charge is 0.378 e. The normalized spacial score (nSPS) is 35.0. The summed E-state index contributed by atoms with van der Waals surface area (Å²) < 4.78 is 5.30. The van der Waals surface area contributed by atoms with Crippen LogP contribution in [-0.4, -0.2) is 66.7 Å². The number of piperidine rings is 2. The van der Waals surface area contributed by atoms with Gasteiger partial charge in [-0.1, -0.05) is 6.42 Å². The minimum Gasteiger partial charge on any atom is -0.378 e. The highest BCUT2D eigenvalue weighted by atomic mass is 16.5. The van der Waals surface area contributed by atoms with Gasteiger partial charge in [-0.05, 0) is 25.7 Å². The van der Waals surface area contributed by atoms with Crippen molar-refractivity contribution in [2.45, 2.75) is 56.7 Å². The SMILES string of the molecule is NC1CC2CCCC(C1)N2CCC(=O)N1CCOCC1. The maximum Gasteiger partial charge on any atom is 0.224 e. The predicted molar refractivity (Wildman–Crippen MR) is 77.4 cm³/mol. The molecule has 3 saturated heterocycles. The van der Waals surface area contributed by atoms with Crippen LogP contribution in [0.15, 0.2) is 0 Å². The molecule has 0 aromatic rings. The van der Waals surface area contributed by atoms with Crippen molar-refractivity contribution in [3.63, 3.8) is 0 Å². The zero-order chi connectivity index (χ0) is 13.9. The van der Waals surface area contributed by atoms with Gasteiger partial charge in [0, 0.05) is 44.2 Å². The molecule has 0 radical (unpaired) electrons. The Kier molecular flexibility index (Phi) is 4.58. The number of hydrogen-bond donors (Lipinski definition) is 1. The molecule has 2 N–H and O–H groups in total.